The Morgan fingerprint density at radius 3 is 2.24 bits per heavy atom. The van der Waals surface area contributed by atoms with E-state index in [4.69, 9.17) is 11.6 Å². The number of benzene rings is 2. The highest BCUT2D eigenvalue weighted by atomic mass is 35.5. The van der Waals surface area contributed by atoms with Crippen LogP contribution in [0.25, 0.3) is 0 Å². The molecule has 0 aliphatic heterocycles. The van der Waals surface area contributed by atoms with Crippen LogP contribution in [0.1, 0.15) is 18.5 Å². The number of hydrogen-bond donors (Lipinski definition) is 1. The van der Waals surface area contributed by atoms with E-state index in [1.807, 2.05) is 0 Å². The fourth-order valence-corrected chi connectivity index (χ4v) is 3.44. The monoisotopic (exact) mass is 331 g/mol. The summed E-state index contributed by atoms with van der Waals surface area (Å²) in [6, 6.07) is 8.73. The maximum absolute atomic E-state index is 13.6. The molecule has 1 N–H and O–H groups in total. The van der Waals surface area contributed by atoms with Crippen molar-refractivity contribution < 1.29 is 17.2 Å². The van der Waals surface area contributed by atoms with E-state index >= 15 is 0 Å². The first-order chi connectivity index (χ1) is 9.81. The second kappa shape index (κ2) is 6.09. The lowest BCUT2D eigenvalue weighted by Gasteiger charge is -2.15. The summed E-state index contributed by atoms with van der Waals surface area (Å²) in [5.74, 6) is -2.28. The van der Waals surface area contributed by atoms with Crippen LogP contribution in [0.15, 0.2) is 47.4 Å². The Labute approximate surface area is 126 Å². The van der Waals surface area contributed by atoms with Gasteiger partial charge in [0, 0.05) is 11.1 Å². The third kappa shape index (κ3) is 3.58. The average Bonchev–Trinajstić information content (AvgIpc) is 2.37. The molecule has 2 rings (SSSR count). The van der Waals surface area contributed by atoms with Crippen LogP contribution in [0.3, 0.4) is 0 Å². The summed E-state index contributed by atoms with van der Waals surface area (Å²) in [5.41, 5.74) is 0.586. The molecule has 0 bridgehead atoms. The highest BCUT2D eigenvalue weighted by Crippen LogP contribution is 2.22. The van der Waals surface area contributed by atoms with Crippen LogP contribution in [0, 0.1) is 11.6 Å². The molecule has 21 heavy (non-hydrogen) atoms. The maximum atomic E-state index is 13.6. The zero-order chi connectivity index (χ0) is 15.6. The van der Waals surface area contributed by atoms with Crippen molar-refractivity contribution in [2.24, 2.45) is 0 Å². The zero-order valence-corrected chi connectivity index (χ0v) is 12.5. The minimum atomic E-state index is -4.32. The molecule has 0 saturated carbocycles. The summed E-state index contributed by atoms with van der Waals surface area (Å²) in [5, 5.41) is 0.440. The molecular weight excluding hydrogens is 320 g/mol. The van der Waals surface area contributed by atoms with Gasteiger partial charge in [0.15, 0.2) is 4.90 Å². The van der Waals surface area contributed by atoms with Crippen LogP contribution in [0.4, 0.5) is 8.78 Å². The molecule has 0 fully saturated rings. The van der Waals surface area contributed by atoms with Gasteiger partial charge in [-0.25, -0.2) is 21.9 Å². The second-order valence-corrected chi connectivity index (χ2v) is 6.54. The van der Waals surface area contributed by atoms with Gasteiger partial charge in [-0.15, -0.1) is 0 Å². The number of sulfonamides is 1. The number of nitrogens with one attached hydrogen (secondary N) is 1. The Morgan fingerprint density at radius 1 is 1.10 bits per heavy atom. The van der Waals surface area contributed by atoms with Gasteiger partial charge in [0.25, 0.3) is 0 Å². The first-order valence-corrected chi connectivity index (χ1v) is 7.89. The van der Waals surface area contributed by atoms with E-state index in [1.165, 1.54) is 0 Å². The quantitative estimate of drug-likeness (QED) is 0.929. The minimum Gasteiger partial charge on any atom is -0.207 e. The fourth-order valence-electron chi connectivity index (χ4n) is 1.87. The smallest absolute Gasteiger partial charge is 0.207 e. The van der Waals surface area contributed by atoms with E-state index in [0.717, 1.165) is 18.2 Å². The van der Waals surface area contributed by atoms with Gasteiger partial charge >= 0.3 is 0 Å². The largest absolute Gasteiger partial charge is 0.246 e. The summed E-state index contributed by atoms with van der Waals surface area (Å²) in [4.78, 5) is -0.987. The molecule has 0 aliphatic carbocycles. The highest BCUT2D eigenvalue weighted by Gasteiger charge is 2.25. The Bertz CT molecular complexity index is 745. The average molecular weight is 332 g/mol. The molecule has 0 spiro atoms. The predicted octanol–water partition coefficient (Wildman–Crippen LogP) is 3.66. The summed E-state index contributed by atoms with van der Waals surface area (Å²) in [6.07, 6.45) is 0. The SMILES string of the molecule is C[C@@H](NS(=O)(=O)c1c(F)cccc1F)c1cccc(Cl)c1. The van der Waals surface area contributed by atoms with Crippen LogP contribution in [0.5, 0.6) is 0 Å². The van der Waals surface area contributed by atoms with Crippen LogP contribution < -0.4 is 4.72 Å². The van der Waals surface area contributed by atoms with Gasteiger partial charge in [-0.1, -0.05) is 29.8 Å². The molecule has 0 heterocycles. The molecule has 112 valence electrons. The predicted molar refractivity (Wildman–Crippen MR) is 76.5 cm³/mol. The molecule has 1 atom stereocenters. The maximum Gasteiger partial charge on any atom is 0.246 e. The summed E-state index contributed by atoms with van der Waals surface area (Å²) in [7, 11) is -4.32. The Hall–Kier alpha value is -1.50. The molecule has 0 aromatic heterocycles. The molecule has 0 aliphatic rings. The van der Waals surface area contributed by atoms with Gasteiger partial charge in [0.05, 0.1) is 0 Å². The number of hydrogen-bond acceptors (Lipinski definition) is 2. The number of rotatable bonds is 4. The lowest BCUT2D eigenvalue weighted by molar-refractivity contribution is 0.509. The molecule has 0 unspecified atom stereocenters. The summed E-state index contributed by atoms with van der Waals surface area (Å²) >= 11 is 5.83. The third-order valence-corrected chi connectivity index (χ3v) is 4.69. The molecule has 7 heteroatoms. The van der Waals surface area contributed by atoms with Crippen molar-refractivity contribution in [3.63, 3.8) is 0 Å². The highest BCUT2D eigenvalue weighted by molar-refractivity contribution is 7.89. The molecule has 3 nitrogen and oxygen atoms in total. The molecule has 2 aromatic carbocycles. The number of halogens is 3. The van der Waals surface area contributed by atoms with E-state index in [1.54, 1.807) is 31.2 Å². The van der Waals surface area contributed by atoms with Gasteiger partial charge < -0.3 is 0 Å². The first-order valence-electron chi connectivity index (χ1n) is 6.03. The van der Waals surface area contributed by atoms with Gasteiger partial charge in [0.1, 0.15) is 11.6 Å². The standard InChI is InChI=1S/C14H12ClF2NO2S/c1-9(10-4-2-5-11(15)8-10)18-21(19,20)14-12(16)6-3-7-13(14)17/h2-9,18H,1H3/t9-/m1/s1. The van der Waals surface area contributed by atoms with Gasteiger partial charge in [-0.3, -0.25) is 0 Å². The van der Waals surface area contributed by atoms with Gasteiger partial charge in [-0.2, -0.15) is 0 Å². The minimum absolute atomic E-state index is 0.440. The van der Waals surface area contributed by atoms with E-state index < -0.39 is 32.6 Å². The first kappa shape index (κ1) is 15.9. The molecular formula is C14H12ClF2NO2S. The summed E-state index contributed by atoms with van der Waals surface area (Å²) < 4.78 is 53.6. The zero-order valence-electron chi connectivity index (χ0n) is 11.0. The van der Waals surface area contributed by atoms with Crippen LogP contribution >= 0.6 is 11.6 Å². The Balaban J connectivity index is 2.34. The Kier molecular flexibility index (Phi) is 4.61. The van der Waals surface area contributed by atoms with Crippen LogP contribution in [0.2, 0.25) is 5.02 Å². The summed E-state index contributed by atoms with van der Waals surface area (Å²) in [6.45, 7) is 1.56. The van der Waals surface area contributed by atoms with Gasteiger partial charge in [-0.05, 0) is 36.8 Å². The van der Waals surface area contributed by atoms with Crippen molar-refractivity contribution >= 4 is 21.6 Å². The lowest BCUT2D eigenvalue weighted by atomic mass is 10.1. The topological polar surface area (TPSA) is 46.2 Å². The fraction of sp³-hybridized carbons (Fsp3) is 0.143. The normalized spacial score (nSPS) is 13.1. The van der Waals surface area contributed by atoms with E-state index in [0.29, 0.717) is 10.6 Å². The lowest BCUT2D eigenvalue weighted by Crippen LogP contribution is -2.28. The van der Waals surface area contributed by atoms with E-state index in [-0.39, 0.29) is 0 Å². The molecule has 0 amide bonds. The van der Waals surface area contributed by atoms with Crippen LogP contribution in [-0.2, 0) is 10.0 Å². The van der Waals surface area contributed by atoms with Gasteiger partial charge in [0.2, 0.25) is 10.0 Å². The van der Waals surface area contributed by atoms with Crippen LogP contribution in [-0.4, -0.2) is 8.42 Å². The van der Waals surface area contributed by atoms with E-state index in [9.17, 15) is 17.2 Å². The molecule has 0 radical (unpaired) electrons. The van der Waals surface area contributed by atoms with Crippen molar-refractivity contribution in [2.45, 2.75) is 17.9 Å². The van der Waals surface area contributed by atoms with Crippen molar-refractivity contribution in [3.05, 3.63) is 64.7 Å². The van der Waals surface area contributed by atoms with Crippen molar-refractivity contribution in [2.75, 3.05) is 0 Å². The van der Waals surface area contributed by atoms with Crippen molar-refractivity contribution in [3.8, 4) is 0 Å². The Morgan fingerprint density at radius 2 is 1.67 bits per heavy atom. The molecule has 0 saturated heterocycles. The van der Waals surface area contributed by atoms with E-state index in [2.05, 4.69) is 4.72 Å². The second-order valence-electron chi connectivity index (χ2n) is 4.45. The molecule has 2 aromatic rings. The van der Waals surface area contributed by atoms with Crippen molar-refractivity contribution in [1.82, 2.24) is 4.72 Å². The van der Waals surface area contributed by atoms with Crippen molar-refractivity contribution in [1.29, 1.82) is 0 Å². The third-order valence-electron chi connectivity index (χ3n) is 2.87.